The fraction of sp³-hybridized carbons (Fsp3) is 0.667. The van der Waals surface area contributed by atoms with Gasteiger partial charge < -0.3 is 5.73 Å². The van der Waals surface area contributed by atoms with Crippen molar-refractivity contribution < 1.29 is 0 Å². The van der Waals surface area contributed by atoms with Crippen LogP contribution < -0.4 is 5.73 Å². The molecular formula is C18H31ClN2. The van der Waals surface area contributed by atoms with E-state index in [4.69, 9.17) is 17.3 Å². The predicted octanol–water partition coefficient (Wildman–Crippen LogP) is 5.02. The van der Waals surface area contributed by atoms with Crippen molar-refractivity contribution in [1.29, 1.82) is 0 Å². The Morgan fingerprint density at radius 3 is 2.43 bits per heavy atom. The molecule has 1 rings (SSSR count). The monoisotopic (exact) mass is 310 g/mol. The first kappa shape index (κ1) is 18.5. The first-order chi connectivity index (χ1) is 10.1. The summed E-state index contributed by atoms with van der Waals surface area (Å²) in [6.45, 7) is 5.17. The van der Waals surface area contributed by atoms with Crippen molar-refractivity contribution in [3.8, 4) is 0 Å². The van der Waals surface area contributed by atoms with Crippen LogP contribution in [-0.2, 0) is 0 Å². The molecule has 120 valence electrons. The van der Waals surface area contributed by atoms with Crippen LogP contribution in [0.4, 0.5) is 0 Å². The number of benzene rings is 1. The van der Waals surface area contributed by atoms with Gasteiger partial charge in [0.1, 0.15) is 0 Å². The maximum absolute atomic E-state index is 6.31. The number of nitrogens with zero attached hydrogens (tertiary/aromatic N) is 1. The molecule has 0 fully saturated rings. The van der Waals surface area contributed by atoms with Gasteiger partial charge in [-0.2, -0.15) is 0 Å². The summed E-state index contributed by atoms with van der Waals surface area (Å²) in [5, 5.41) is 0.843. The summed E-state index contributed by atoms with van der Waals surface area (Å²) in [6.07, 6.45) is 7.74. The van der Waals surface area contributed by atoms with Crippen LogP contribution in [0.15, 0.2) is 24.3 Å². The fourth-order valence-corrected chi connectivity index (χ4v) is 3.11. The fourth-order valence-electron chi connectivity index (χ4n) is 2.82. The van der Waals surface area contributed by atoms with Crippen molar-refractivity contribution in [2.24, 2.45) is 5.73 Å². The number of halogens is 1. The van der Waals surface area contributed by atoms with E-state index in [0.717, 1.165) is 5.02 Å². The van der Waals surface area contributed by atoms with Gasteiger partial charge in [-0.1, -0.05) is 68.8 Å². The van der Waals surface area contributed by atoms with Crippen LogP contribution in [0.2, 0.25) is 5.02 Å². The second-order valence-electron chi connectivity index (χ2n) is 5.96. The van der Waals surface area contributed by atoms with Gasteiger partial charge >= 0.3 is 0 Å². The molecule has 0 aliphatic rings. The van der Waals surface area contributed by atoms with Crippen LogP contribution in [-0.4, -0.2) is 24.5 Å². The minimum Gasteiger partial charge on any atom is -0.329 e. The highest BCUT2D eigenvalue weighted by Gasteiger charge is 2.20. The zero-order valence-electron chi connectivity index (χ0n) is 13.8. The minimum absolute atomic E-state index is 0.294. The van der Waals surface area contributed by atoms with Crippen LogP contribution in [0.25, 0.3) is 0 Å². The minimum atomic E-state index is 0.294. The summed E-state index contributed by atoms with van der Waals surface area (Å²) in [4.78, 5) is 2.38. The Morgan fingerprint density at radius 2 is 1.81 bits per heavy atom. The zero-order chi connectivity index (χ0) is 15.7. The summed E-state index contributed by atoms with van der Waals surface area (Å²) in [6, 6.07) is 8.82. The van der Waals surface area contributed by atoms with Gasteiger partial charge in [0.2, 0.25) is 0 Å². The van der Waals surface area contributed by atoms with Gasteiger partial charge in [-0.3, -0.25) is 4.90 Å². The molecule has 3 heteroatoms. The molecule has 0 heterocycles. The number of rotatable bonds is 10. The van der Waals surface area contributed by atoms with Gasteiger partial charge in [-0.25, -0.2) is 0 Å². The van der Waals surface area contributed by atoms with E-state index in [1.54, 1.807) is 0 Å². The lowest BCUT2D eigenvalue weighted by molar-refractivity contribution is 0.177. The third kappa shape index (κ3) is 5.98. The normalized spacial score (nSPS) is 14.4. The predicted molar refractivity (Wildman–Crippen MR) is 93.8 cm³/mol. The summed E-state index contributed by atoms with van der Waals surface area (Å²) < 4.78 is 0. The van der Waals surface area contributed by atoms with Crippen LogP contribution in [0.1, 0.15) is 64.0 Å². The summed E-state index contributed by atoms with van der Waals surface area (Å²) >= 11 is 6.31. The number of hydrogen-bond acceptors (Lipinski definition) is 2. The van der Waals surface area contributed by atoms with E-state index >= 15 is 0 Å². The molecule has 0 aliphatic carbocycles. The molecule has 0 saturated heterocycles. The van der Waals surface area contributed by atoms with E-state index in [1.165, 1.54) is 44.1 Å². The first-order valence-electron chi connectivity index (χ1n) is 8.28. The quantitative estimate of drug-likeness (QED) is 0.615. The third-order valence-corrected chi connectivity index (χ3v) is 4.80. The van der Waals surface area contributed by atoms with E-state index in [9.17, 15) is 0 Å². The van der Waals surface area contributed by atoms with Gasteiger partial charge in [0.25, 0.3) is 0 Å². The summed E-state index contributed by atoms with van der Waals surface area (Å²) in [5.41, 5.74) is 7.18. The van der Waals surface area contributed by atoms with E-state index in [-0.39, 0.29) is 0 Å². The van der Waals surface area contributed by atoms with Crippen molar-refractivity contribution in [2.45, 2.75) is 64.5 Å². The largest absolute Gasteiger partial charge is 0.329 e. The second-order valence-corrected chi connectivity index (χ2v) is 6.36. The van der Waals surface area contributed by atoms with E-state index in [1.807, 2.05) is 18.2 Å². The lowest BCUT2D eigenvalue weighted by Gasteiger charge is -2.33. The topological polar surface area (TPSA) is 29.3 Å². The maximum Gasteiger partial charge on any atom is 0.0453 e. The van der Waals surface area contributed by atoms with Gasteiger partial charge in [0.15, 0.2) is 0 Å². The molecule has 0 amide bonds. The van der Waals surface area contributed by atoms with Crippen molar-refractivity contribution >= 4 is 11.6 Å². The van der Waals surface area contributed by atoms with Gasteiger partial charge in [-0.05, 0) is 32.0 Å². The van der Waals surface area contributed by atoms with Crippen molar-refractivity contribution in [3.05, 3.63) is 34.9 Å². The summed E-state index contributed by atoms with van der Waals surface area (Å²) in [7, 11) is 2.16. The highest BCUT2D eigenvalue weighted by atomic mass is 35.5. The molecule has 2 nitrogen and oxygen atoms in total. The highest BCUT2D eigenvalue weighted by molar-refractivity contribution is 6.31. The molecule has 1 aromatic rings. The summed E-state index contributed by atoms with van der Waals surface area (Å²) in [5.74, 6) is 0. The average Bonchev–Trinajstić information content (AvgIpc) is 2.50. The van der Waals surface area contributed by atoms with Crippen LogP contribution >= 0.6 is 11.6 Å². The van der Waals surface area contributed by atoms with Crippen molar-refractivity contribution in [1.82, 2.24) is 4.90 Å². The lowest BCUT2D eigenvalue weighted by atomic mass is 10.0. The molecule has 0 aromatic heterocycles. The second kappa shape index (κ2) is 10.2. The third-order valence-electron chi connectivity index (χ3n) is 4.46. The number of hydrogen-bond donors (Lipinski definition) is 1. The van der Waals surface area contributed by atoms with Gasteiger partial charge in [-0.15, -0.1) is 0 Å². The van der Waals surface area contributed by atoms with Crippen LogP contribution in [0.3, 0.4) is 0 Å². The Bertz CT molecular complexity index is 395. The molecule has 0 bridgehead atoms. The van der Waals surface area contributed by atoms with Crippen molar-refractivity contribution in [2.75, 3.05) is 13.6 Å². The average molecular weight is 311 g/mol. The molecule has 1 aromatic carbocycles. The lowest BCUT2D eigenvalue weighted by Crippen LogP contribution is -2.39. The van der Waals surface area contributed by atoms with Crippen LogP contribution in [0, 0.1) is 0 Å². The molecular weight excluding hydrogens is 280 g/mol. The molecule has 0 aliphatic heterocycles. The zero-order valence-corrected chi connectivity index (χ0v) is 14.6. The molecule has 2 N–H and O–H groups in total. The van der Waals surface area contributed by atoms with E-state index in [0.29, 0.717) is 18.6 Å². The Kier molecular flexibility index (Phi) is 8.98. The highest BCUT2D eigenvalue weighted by Crippen LogP contribution is 2.28. The van der Waals surface area contributed by atoms with Gasteiger partial charge in [0.05, 0.1) is 0 Å². The van der Waals surface area contributed by atoms with Crippen molar-refractivity contribution in [3.63, 3.8) is 0 Å². The Balaban J connectivity index is 2.53. The molecule has 0 spiro atoms. The Morgan fingerprint density at radius 1 is 1.14 bits per heavy atom. The standard InChI is InChI=1S/C18H31ClN2/c1-4-5-6-7-8-11-16(14-20)21(3)15(2)17-12-9-10-13-18(17)19/h9-10,12-13,15-16H,4-8,11,14,20H2,1-3H3. The van der Waals surface area contributed by atoms with E-state index in [2.05, 4.69) is 31.9 Å². The van der Waals surface area contributed by atoms with Gasteiger partial charge in [0, 0.05) is 23.7 Å². The van der Waals surface area contributed by atoms with Crippen LogP contribution in [0.5, 0.6) is 0 Å². The molecule has 0 radical (unpaired) electrons. The first-order valence-corrected chi connectivity index (χ1v) is 8.66. The Hall–Kier alpha value is -0.570. The number of nitrogens with two attached hydrogens (primary N) is 1. The number of likely N-dealkylation sites (N-methyl/N-ethyl adjacent to an activating group) is 1. The molecule has 0 saturated carbocycles. The molecule has 2 atom stereocenters. The molecule has 2 unspecified atom stereocenters. The smallest absolute Gasteiger partial charge is 0.0453 e. The maximum atomic E-state index is 6.31. The number of unbranched alkanes of at least 4 members (excludes halogenated alkanes) is 4. The SMILES string of the molecule is CCCCCCCC(CN)N(C)C(C)c1ccccc1Cl. The molecule has 21 heavy (non-hydrogen) atoms. The van der Waals surface area contributed by atoms with E-state index < -0.39 is 0 Å². The Labute approximate surface area is 135 Å².